The van der Waals surface area contributed by atoms with Crippen molar-refractivity contribution >= 4 is 5.78 Å². The molecule has 0 unspecified atom stereocenters. The molecule has 120 valence electrons. The molecule has 0 atom stereocenters. The summed E-state index contributed by atoms with van der Waals surface area (Å²) >= 11 is 0. The standard InChI is InChI=1S/C20H15F2NO/c1-12-3-5-14(6-4-12)20(24)18-16(21)8-7-15(19(18)22)17-11-13(2)9-10-23-17/h3-11H,1-2H3. The summed E-state index contributed by atoms with van der Waals surface area (Å²) in [6.07, 6.45) is 1.55. The minimum atomic E-state index is -0.890. The Morgan fingerprint density at radius 2 is 1.62 bits per heavy atom. The lowest BCUT2D eigenvalue weighted by atomic mass is 9.97. The first-order chi connectivity index (χ1) is 11.5. The van der Waals surface area contributed by atoms with E-state index in [1.165, 1.54) is 6.07 Å². The lowest BCUT2D eigenvalue weighted by Crippen LogP contribution is -2.09. The fourth-order valence-electron chi connectivity index (χ4n) is 2.49. The third kappa shape index (κ3) is 2.95. The van der Waals surface area contributed by atoms with Crippen LogP contribution in [0.2, 0.25) is 0 Å². The Morgan fingerprint density at radius 3 is 2.29 bits per heavy atom. The largest absolute Gasteiger partial charge is 0.288 e. The quantitative estimate of drug-likeness (QED) is 0.643. The summed E-state index contributed by atoms with van der Waals surface area (Å²) < 4.78 is 29.0. The van der Waals surface area contributed by atoms with Crippen LogP contribution in [0.25, 0.3) is 11.3 Å². The molecule has 2 aromatic carbocycles. The summed E-state index contributed by atoms with van der Waals surface area (Å²) in [4.78, 5) is 16.7. The Kier molecular flexibility index (Phi) is 4.21. The highest BCUT2D eigenvalue weighted by Crippen LogP contribution is 2.27. The molecule has 0 aliphatic carbocycles. The second-order valence-corrected chi connectivity index (χ2v) is 5.70. The van der Waals surface area contributed by atoms with Crippen LogP contribution >= 0.6 is 0 Å². The van der Waals surface area contributed by atoms with Gasteiger partial charge in [0, 0.05) is 17.3 Å². The normalized spacial score (nSPS) is 10.7. The van der Waals surface area contributed by atoms with Gasteiger partial charge in [-0.3, -0.25) is 9.78 Å². The molecule has 0 saturated heterocycles. The number of halogens is 2. The molecule has 0 amide bonds. The molecule has 0 N–H and O–H groups in total. The van der Waals surface area contributed by atoms with Gasteiger partial charge in [0.2, 0.25) is 0 Å². The van der Waals surface area contributed by atoms with Gasteiger partial charge in [-0.05, 0) is 43.7 Å². The van der Waals surface area contributed by atoms with Gasteiger partial charge in [0.15, 0.2) is 5.78 Å². The second-order valence-electron chi connectivity index (χ2n) is 5.70. The Morgan fingerprint density at radius 1 is 0.917 bits per heavy atom. The van der Waals surface area contributed by atoms with Crippen molar-refractivity contribution in [1.29, 1.82) is 0 Å². The molecule has 3 rings (SSSR count). The van der Waals surface area contributed by atoms with E-state index in [9.17, 15) is 13.6 Å². The van der Waals surface area contributed by atoms with Crippen molar-refractivity contribution in [1.82, 2.24) is 4.98 Å². The summed E-state index contributed by atoms with van der Waals surface area (Å²) in [5.74, 6) is -2.45. The molecular weight excluding hydrogens is 308 g/mol. The number of nitrogens with zero attached hydrogens (tertiary/aromatic N) is 1. The maximum Gasteiger partial charge on any atom is 0.198 e. The van der Waals surface area contributed by atoms with Gasteiger partial charge >= 0.3 is 0 Å². The molecule has 0 radical (unpaired) electrons. The van der Waals surface area contributed by atoms with Crippen LogP contribution < -0.4 is 0 Å². The number of pyridine rings is 1. The van der Waals surface area contributed by atoms with E-state index in [1.54, 1.807) is 42.6 Å². The fraction of sp³-hybridized carbons (Fsp3) is 0.100. The van der Waals surface area contributed by atoms with E-state index >= 15 is 0 Å². The second kappa shape index (κ2) is 6.32. The Bertz CT molecular complexity index is 917. The number of hydrogen-bond donors (Lipinski definition) is 0. The van der Waals surface area contributed by atoms with E-state index in [-0.39, 0.29) is 11.1 Å². The van der Waals surface area contributed by atoms with Crippen LogP contribution in [0.3, 0.4) is 0 Å². The number of ketones is 1. The molecule has 24 heavy (non-hydrogen) atoms. The van der Waals surface area contributed by atoms with Gasteiger partial charge < -0.3 is 0 Å². The molecule has 0 spiro atoms. The number of carbonyl (C=O) groups is 1. The number of hydrogen-bond acceptors (Lipinski definition) is 2. The van der Waals surface area contributed by atoms with Crippen LogP contribution in [0.1, 0.15) is 27.0 Å². The highest BCUT2D eigenvalue weighted by atomic mass is 19.1. The first kappa shape index (κ1) is 16.0. The molecular formula is C20H15F2NO. The van der Waals surface area contributed by atoms with E-state index in [2.05, 4.69) is 4.98 Å². The molecule has 0 saturated carbocycles. The smallest absolute Gasteiger partial charge is 0.198 e. The van der Waals surface area contributed by atoms with Gasteiger partial charge in [-0.2, -0.15) is 0 Å². The number of aryl methyl sites for hydroxylation is 2. The fourth-order valence-corrected chi connectivity index (χ4v) is 2.49. The third-order valence-electron chi connectivity index (χ3n) is 3.82. The average Bonchev–Trinajstić information content (AvgIpc) is 2.55. The molecule has 0 aliphatic rings. The topological polar surface area (TPSA) is 30.0 Å². The van der Waals surface area contributed by atoms with Crippen LogP contribution in [0.5, 0.6) is 0 Å². The molecule has 4 heteroatoms. The highest BCUT2D eigenvalue weighted by molar-refractivity contribution is 6.10. The predicted octanol–water partition coefficient (Wildman–Crippen LogP) is 4.87. The van der Waals surface area contributed by atoms with Gasteiger partial charge in [0.25, 0.3) is 0 Å². The number of rotatable bonds is 3. The first-order valence-corrected chi connectivity index (χ1v) is 7.50. The average molecular weight is 323 g/mol. The summed E-state index contributed by atoms with van der Waals surface area (Å²) in [5.41, 5.74) is 2.02. The number of carbonyl (C=O) groups excluding carboxylic acids is 1. The predicted molar refractivity (Wildman–Crippen MR) is 88.9 cm³/mol. The van der Waals surface area contributed by atoms with Gasteiger partial charge in [-0.15, -0.1) is 0 Å². The minimum absolute atomic E-state index is 0.107. The summed E-state index contributed by atoms with van der Waals surface area (Å²) in [6, 6.07) is 12.5. The highest BCUT2D eigenvalue weighted by Gasteiger charge is 2.22. The van der Waals surface area contributed by atoms with Crippen molar-refractivity contribution in [2.45, 2.75) is 13.8 Å². The van der Waals surface area contributed by atoms with Crippen molar-refractivity contribution in [2.75, 3.05) is 0 Å². The van der Waals surface area contributed by atoms with E-state index in [4.69, 9.17) is 0 Å². The molecule has 3 aromatic rings. The van der Waals surface area contributed by atoms with E-state index in [0.717, 1.165) is 17.2 Å². The van der Waals surface area contributed by atoms with E-state index in [1.807, 2.05) is 13.8 Å². The van der Waals surface area contributed by atoms with Crippen LogP contribution in [0.15, 0.2) is 54.7 Å². The third-order valence-corrected chi connectivity index (χ3v) is 3.82. The molecule has 2 nitrogen and oxygen atoms in total. The molecule has 1 aromatic heterocycles. The van der Waals surface area contributed by atoms with Gasteiger partial charge in [-0.25, -0.2) is 8.78 Å². The van der Waals surface area contributed by atoms with Crippen molar-refractivity contribution in [3.63, 3.8) is 0 Å². The van der Waals surface area contributed by atoms with E-state index < -0.39 is 23.0 Å². The van der Waals surface area contributed by atoms with Crippen LogP contribution in [0.4, 0.5) is 8.78 Å². The van der Waals surface area contributed by atoms with Crippen LogP contribution in [0, 0.1) is 25.5 Å². The van der Waals surface area contributed by atoms with Crippen molar-refractivity contribution in [3.05, 3.63) is 88.6 Å². The lowest BCUT2D eigenvalue weighted by molar-refractivity contribution is 0.103. The zero-order valence-corrected chi connectivity index (χ0v) is 13.3. The zero-order valence-electron chi connectivity index (χ0n) is 13.3. The molecule has 1 heterocycles. The van der Waals surface area contributed by atoms with Crippen molar-refractivity contribution < 1.29 is 13.6 Å². The Balaban J connectivity index is 2.13. The maximum atomic E-state index is 14.9. The molecule has 0 fully saturated rings. The molecule has 0 aliphatic heterocycles. The number of benzene rings is 2. The monoisotopic (exact) mass is 323 g/mol. The van der Waals surface area contributed by atoms with Crippen LogP contribution in [-0.4, -0.2) is 10.8 Å². The van der Waals surface area contributed by atoms with Crippen LogP contribution in [-0.2, 0) is 0 Å². The Labute approximate surface area is 138 Å². The van der Waals surface area contributed by atoms with E-state index in [0.29, 0.717) is 5.69 Å². The van der Waals surface area contributed by atoms with Crippen molar-refractivity contribution in [2.24, 2.45) is 0 Å². The minimum Gasteiger partial charge on any atom is -0.288 e. The van der Waals surface area contributed by atoms with Crippen molar-refractivity contribution in [3.8, 4) is 11.3 Å². The molecule has 0 bridgehead atoms. The lowest BCUT2D eigenvalue weighted by Gasteiger charge is -2.09. The SMILES string of the molecule is Cc1ccc(C(=O)c2c(F)ccc(-c3cc(C)ccn3)c2F)cc1. The summed E-state index contributed by atoms with van der Waals surface area (Å²) in [5, 5.41) is 0. The summed E-state index contributed by atoms with van der Waals surface area (Å²) in [6.45, 7) is 3.73. The van der Waals surface area contributed by atoms with Gasteiger partial charge in [0.05, 0.1) is 11.3 Å². The van der Waals surface area contributed by atoms with Gasteiger partial charge in [-0.1, -0.05) is 29.8 Å². The maximum absolute atomic E-state index is 14.9. The first-order valence-electron chi connectivity index (χ1n) is 7.50. The zero-order chi connectivity index (χ0) is 17.3. The summed E-state index contributed by atoms with van der Waals surface area (Å²) in [7, 11) is 0. The van der Waals surface area contributed by atoms with Gasteiger partial charge in [0.1, 0.15) is 11.6 Å². The number of aromatic nitrogens is 1. The Hall–Kier alpha value is -2.88.